The number of hydrogen-bond donors (Lipinski definition) is 1. The quantitative estimate of drug-likeness (QED) is 0.554. The molecule has 2 aromatic carbocycles. The first-order valence-corrected chi connectivity index (χ1v) is 10.5. The fourth-order valence-electron chi connectivity index (χ4n) is 3.63. The predicted molar refractivity (Wildman–Crippen MR) is 117 cm³/mol. The van der Waals surface area contributed by atoms with Gasteiger partial charge in [-0.05, 0) is 30.7 Å². The Morgan fingerprint density at radius 1 is 0.969 bits per heavy atom. The van der Waals surface area contributed by atoms with E-state index in [-0.39, 0.29) is 36.2 Å². The van der Waals surface area contributed by atoms with Gasteiger partial charge in [-0.1, -0.05) is 11.6 Å². The van der Waals surface area contributed by atoms with Gasteiger partial charge in [-0.2, -0.15) is 0 Å². The van der Waals surface area contributed by atoms with Crippen molar-refractivity contribution >= 4 is 34.9 Å². The standard InChI is InChI=1S/C21H21ClN4O6/c22-14-2-4-15(5-3-14)23-21(28)25-7-1-6-24(8-9-25)20(27)16-12-18-19(32-11-10-31-18)13-17(16)26(29)30/h2-5,12-13H,1,6-11H2,(H,23,28). The van der Waals surface area contributed by atoms with Crippen LogP contribution in [0.1, 0.15) is 16.8 Å². The number of rotatable bonds is 3. The summed E-state index contributed by atoms with van der Waals surface area (Å²) in [4.78, 5) is 39.9. The maximum Gasteiger partial charge on any atom is 0.321 e. The van der Waals surface area contributed by atoms with Gasteiger partial charge in [0, 0.05) is 43.0 Å². The van der Waals surface area contributed by atoms with Crippen molar-refractivity contribution in [2.24, 2.45) is 0 Å². The van der Waals surface area contributed by atoms with Gasteiger partial charge in [0.25, 0.3) is 11.6 Å². The molecule has 0 saturated carbocycles. The molecule has 0 bridgehead atoms. The number of nitrogens with zero attached hydrogens (tertiary/aromatic N) is 3. The first-order chi connectivity index (χ1) is 15.4. The Kier molecular flexibility index (Phi) is 6.31. The van der Waals surface area contributed by atoms with Crippen LogP contribution in [0.15, 0.2) is 36.4 Å². The number of benzene rings is 2. The molecule has 2 heterocycles. The van der Waals surface area contributed by atoms with Crippen molar-refractivity contribution in [3.05, 3.63) is 57.1 Å². The van der Waals surface area contributed by atoms with E-state index in [0.717, 1.165) is 0 Å². The molecule has 2 aliphatic heterocycles. The highest BCUT2D eigenvalue weighted by Crippen LogP contribution is 2.37. The molecular formula is C21H21ClN4O6. The van der Waals surface area contributed by atoms with Crippen molar-refractivity contribution in [2.45, 2.75) is 6.42 Å². The summed E-state index contributed by atoms with van der Waals surface area (Å²) < 4.78 is 10.9. The van der Waals surface area contributed by atoms with Crippen LogP contribution in [0.2, 0.25) is 5.02 Å². The molecule has 32 heavy (non-hydrogen) atoms. The third-order valence-corrected chi connectivity index (χ3v) is 5.51. The molecular weight excluding hydrogens is 440 g/mol. The minimum Gasteiger partial charge on any atom is -0.486 e. The first-order valence-electron chi connectivity index (χ1n) is 10.1. The van der Waals surface area contributed by atoms with Crippen LogP contribution < -0.4 is 14.8 Å². The zero-order valence-corrected chi connectivity index (χ0v) is 17.8. The highest BCUT2D eigenvalue weighted by Gasteiger charge is 2.30. The number of carbonyl (C=O) groups excluding carboxylic acids is 2. The molecule has 3 amide bonds. The van der Waals surface area contributed by atoms with Gasteiger partial charge in [0.05, 0.1) is 11.0 Å². The van der Waals surface area contributed by atoms with Crippen molar-refractivity contribution < 1.29 is 24.0 Å². The Hall–Kier alpha value is -3.53. The van der Waals surface area contributed by atoms with E-state index in [4.69, 9.17) is 21.1 Å². The minimum atomic E-state index is -0.602. The normalized spacial score (nSPS) is 15.7. The smallest absolute Gasteiger partial charge is 0.321 e. The highest BCUT2D eigenvalue weighted by molar-refractivity contribution is 6.30. The van der Waals surface area contributed by atoms with Crippen LogP contribution in [0.25, 0.3) is 0 Å². The molecule has 1 N–H and O–H groups in total. The Morgan fingerprint density at radius 3 is 2.28 bits per heavy atom. The fourth-order valence-corrected chi connectivity index (χ4v) is 3.76. The molecule has 1 saturated heterocycles. The minimum absolute atomic E-state index is 0.0571. The van der Waals surface area contributed by atoms with E-state index in [1.165, 1.54) is 17.0 Å². The van der Waals surface area contributed by atoms with Gasteiger partial charge in [-0.3, -0.25) is 14.9 Å². The number of anilines is 1. The van der Waals surface area contributed by atoms with Gasteiger partial charge in [-0.15, -0.1) is 0 Å². The lowest BCUT2D eigenvalue weighted by molar-refractivity contribution is -0.385. The number of amides is 3. The summed E-state index contributed by atoms with van der Waals surface area (Å²) in [5, 5.41) is 14.9. The monoisotopic (exact) mass is 460 g/mol. The summed E-state index contributed by atoms with van der Waals surface area (Å²) in [5.74, 6) is 0.0815. The SMILES string of the molecule is O=C(Nc1ccc(Cl)cc1)N1CCCN(C(=O)c2cc3c(cc2[N+](=O)[O-])OCCO3)CC1. The number of nitro groups is 1. The summed E-state index contributed by atoms with van der Waals surface area (Å²) >= 11 is 5.87. The lowest BCUT2D eigenvalue weighted by Gasteiger charge is -2.23. The lowest BCUT2D eigenvalue weighted by atomic mass is 10.1. The van der Waals surface area contributed by atoms with Gasteiger partial charge < -0.3 is 24.6 Å². The Labute approximate surface area is 188 Å². The zero-order valence-electron chi connectivity index (χ0n) is 17.1. The molecule has 0 spiro atoms. The predicted octanol–water partition coefficient (Wildman–Crippen LogP) is 3.40. The summed E-state index contributed by atoms with van der Waals surface area (Å²) in [5.41, 5.74) is 0.225. The number of hydrogen-bond acceptors (Lipinski definition) is 6. The average Bonchev–Trinajstić information content (AvgIpc) is 3.05. The van der Waals surface area contributed by atoms with E-state index in [2.05, 4.69) is 5.32 Å². The van der Waals surface area contributed by atoms with E-state index in [9.17, 15) is 19.7 Å². The Morgan fingerprint density at radius 2 is 1.59 bits per heavy atom. The van der Waals surface area contributed by atoms with E-state index in [1.54, 1.807) is 29.2 Å². The Bertz CT molecular complexity index is 1050. The number of nitro benzene ring substituents is 1. The third kappa shape index (κ3) is 4.70. The molecule has 0 unspecified atom stereocenters. The fraction of sp³-hybridized carbons (Fsp3) is 0.333. The largest absolute Gasteiger partial charge is 0.486 e. The number of carbonyl (C=O) groups is 2. The van der Waals surface area contributed by atoms with Crippen molar-refractivity contribution in [3.8, 4) is 11.5 Å². The highest BCUT2D eigenvalue weighted by atomic mass is 35.5. The van der Waals surface area contributed by atoms with Gasteiger partial charge in [-0.25, -0.2) is 4.79 Å². The summed E-state index contributed by atoms with van der Waals surface area (Å²) in [6.45, 7) is 1.96. The van der Waals surface area contributed by atoms with Gasteiger partial charge in [0.2, 0.25) is 0 Å². The summed E-state index contributed by atoms with van der Waals surface area (Å²) in [6.07, 6.45) is 0.540. The molecule has 10 nitrogen and oxygen atoms in total. The maximum absolute atomic E-state index is 13.2. The van der Waals surface area contributed by atoms with Crippen molar-refractivity contribution in [1.29, 1.82) is 0 Å². The van der Waals surface area contributed by atoms with Crippen LogP contribution in [0, 0.1) is 10.1 Å². The summed E-state index contributed by atoms with van der Waals surface area (Å²) in [7, 11) is 0. The number of halogens is 1. The number of urea groups is 1. The van der Waals surface area contributed by atoms with E-state index < -0.39 is 10.8 Å². The molecule has 2 aliphatic rings. The molecule has 0 atom stereocenters. The zero-order chi connectivity index (χ0) is 22.7. The van der Waals surface area contributed by atoms with Gasteiger partial charge >= 0.3 is 6.03 Å². The van der Waals surface area contributed by atoms with Crippen molar-refractivity contribution in [2.75, 3.05) is 44.7 Å². The van der Waals surface area contributed by atoms with Gasteiger partial charge in [0.15, 0.2) is 11.5 Å². The first kappa shape index (κ1) is 21.7. The van der Waals surface area contributed by atoms with Crippen LogP contribution in [-0.4, -0.2) is 66.1 Å². The molecule has 4 rings (SSSR count). The maximum atomic E-state index is 13.2. The van der Waals surface area contributed by atoms with Crippen LogP contribution in [0.3, 0.4) is 0 Å². The molecule has 0 radical (unpaired) electrons. The number of nitrogens with one attached hydrogen (secondary N) is 1. The molecule has 2 aromatic rings. The second-order valence-electron chi connectivity index (χ2n) is 7.34. The molecule has 11 heteroatoms. The number of ether oxygens (including phenoxy) is 2. The van der Waals surface area contributed by atoms with Gasteiger partial charge in [0.1, 0.15) is 18.8 Å². The van der Waals surface area contributed by atoms with Crippen LogP contribution in [0.4, 0.5) is 16.2 Å². The summed E-state index contributed by atoms with van der Waals surface area (Å²) in [6, 6.07) is 9.08. The molecule has 0 aliphatic carbocycles. The van der Waals surface area contributed by atoms with Crippen molar-refractivity contribution in [1.82, 2.24) is 9.80 Å². The van der Waals surface area contributed by atoms with Crippen LogP contribution >= 0.6 is 11.6 Å². The van der Waals surface area contributed by atoms with Crippen LogP contribution in [0.5, 0.6) is 11.5 Å². The molecule has 168 valence electrons. The average molecular weight is 461 g/mol. The topological polar surface area (TPSA) is 114 Å². The molecule has 0 aromatic heterocycles. The Balaban J connectivity index is 1.46. The van der Waals surface area contributed by atoms with E-state index in [1.807, 2.05) is 0 Å². The van der Waals surface area contributed by atoms with Crippen molar-refractivity contribution in [3.63, 3.8) is 0 Å². The second-order valence-corrected chi connectivity index (χ2v) is 7.78. The van der Waals surface area contributed by atoms with Crippen LogP contribution in [-0.2, 0) is 0 Å². The molecule has 1 fully saturated rings. The number of fused-ring (bicyclic) bond motifs is 1. The van der Waals surface area contributed by atoms with E-state index >= 15 is 0 Å². The third-order valence-electron chi connectivity index (χ3n) is 5.25. The van der Waals surface area contributed by atoms with E-state index in [0.29, 0.717) is 49.1 Å². The lowest BCUT2D eigenvalue weighted by Crippen LogP contribution is -2.39. The second kappa shape index (κ2) is 9.31.